The number of amides is 1. The van der Waals surface area contributed by atoms with Crippen LogP contribution in [0.25, 0.3) is 22.3 Å². The molecule has 0 bridgehead atoms. The Hall–Kier alpha value is -4.25. The third kappa shape index (κ3) is 3.99. The minimum atomic E-state index is -0.844. The maximum atomic E-state index is 14.5. The molecule has 4 aromatic rings. The van der Waals surface area contributed by atoms with Crippen LogP contribution in [-0.4, -0.2) is 23.8 Å². The Morgan fingerprint density at radius 2 is 1.46 bits per heavy atom. The van der Waals surface area contributed by atoms with E-state index in [1.807, 2.05) is 79.7 Å². The third-order valence-corrected chi connectivity index (χ3v) is 6.90. The first-order valence-electron chi connectivity index (χ1n) is 11.6. The van der Waals surface area contributed by atoms with Crippen molar-refractivity contribution < 1.29 is 14.2 Å². The number of benzene rings is 4. The molecule has 0 aliphatic carbocycles. The second kappa shape index (κ2) is 8.84. The van der Waals surface area contributed by atoms with Crippen molar-refractivity contribution in [3.05, 3.63) is 120 Å². The summed E-state index contributed by atoms with van der Waals surface area (Å²) in [6, 6.07) is 32.5. The van der Waals surface area contributed by atoms with Gasteiger partial charge in [-0.2, -0.15) is 0 Å². The predicted molar refractivity (Wildman–Crippen MR) is 137 cm³/mol. The van der Waals surface area contributed by atoms with Crippen molar-refractivity contribution in [2.75, 3.05) is 7.05 Å². The predicted octanol–water partition coefficient (Wildman–Crippen LogP) is 4.03. The number of nitrogens with one attached hydrogen (secondary N) is 1. The number of hydrogen-bond acceptors (Lipinski definition) is 2. The monoisotopic (exact) mass is 464 g/mol. The molecule has 174 valence electrons. The smallest absolute Gasteiger partial charge is 0.290 e. The van der Waals surface area contributed by atoms with E-state index in [2.05, 4.69) is 17.1 Å². The summed E-state index contributed by atoms with van der Waals surface area (Å²) in [5.41, 5.74) is 10.6. The fourth-order valence-corrected chi connectivity index (χ4v) is 4.90. The van der Waals surface area contributed by atoms with Gasteiger partial charge in [-0.1, -0.05) is 91.0 Å². The highest BCUT2D eigenvalue weighted by molar-refractivity contribution is 5.99. The van der Waals surface area contributed by atoms with Gasteiger partial charge in [0.05, 0.1) is 7.05 Å². The average Bonchev–Trinajstić information content (AvgIpc) is 2.89. The van der Waals surface area contributed by atoms with Gasteiger partial charge in [0.2, 0.25) is 0 Å². The molecule has 2 atom stereocenters. The Kier molecular flexibility index (Phi) is 5.69. The molecule has 0 unspecified atom stereocenters. The molecule has 1 amide bonds. The molecule has 0 saturated carbocycles. The summed E-state index contributed by atoms with van der Waals surface area (Å²) >= 11 is 0. The fourth-order valence-electron chi connectivity index (χ4n) is 4.90. The molecule has 5 heteroatoms. The molecular formula is C30H27FN3O+. The van der Waals surface area contributed by atoms with Gasteiger partial charge in [0.25, 0.3) is 5.91 Å². The molecule has 0 radical (unpaired) electrons. The highest BCUT2D eigenvalue weighted by Gasteiger charge is 2.50. The SMILES string of the molecule is CN1C(=O)[C@H](c2ccc(-c3ccccc3)cc2)[C@@](C)(c2cccc(-c3ccccc3F)c2)[NH+]=C1N. The minimum Gasteiger partial charge on any atom is -0.290 e. The summed E-state index contributed by atoms with van der Waals surface area (Å²) in [4.78, 5) is 18.5. The zero-order valence-corrected chi connectivity index (χ0v) is 19.7. The van der Waals surface area contributed by atoms with Crippen molar-refractivity contribution in [2.24, 2.45) is 5.73 Å². The molecule has 0 saturated heterocycles. The number of nitrogens with two attached hydrogens (primary N) is 1. The largest absolute Gasteiger partial charge is 0.351 e. The normalized spacial score (nSPS) is 20.0. The number of guanidine groups is 1. The number of carbonyl (C=O) groups is 1. The van der Waals surface area contributed by atoms with Gasteiger partial charge in [0, 0.05) is 5.56 Å². The first-order chi connectivity index (χ1) is 16.9. The zero-order chi connectivity index (χ0) is 24.6. The summed E-state index contributed by atoms with van der Waals surface area (Å²) in [5, 5.41) is 0. The molecule has 1 heterocycles. The Bertz CT molecular complexity index is 1420. The lowest BCUT2D eigenvalue weighted by molar-refractivity contribution is -0.571. The number of carbonyl (C=O) groups excluding carboxylic acids is 1. The topological polar surface area (TPSA) is 60.3 Å². The first kappa shape index (κ1) is 22.5. The first-order valence-corrected chi connectivity index (χ1v) is 11.6. The number of nitrogens with zero attached hydrogens (tertiary/aromatic N) is 1. The molecule has 1 aliphatic rings. The molecule has 35 heavy (non-hydrogen) atoms. The van der Waals surface area contributed by atoms with E-state index in [0.29, 0.717) is 5.56 Å². The Balaban J connectivity index is 1.61. The number of rotatable bonds is 4. The van der Waals surface area contributed by atoms with Crippen molar-refractivity contribution >= 4 is 11.9 Å². The van der Waals surface area contributed by atoms with Crippen LogP contribution in [0.1, 0.15) is 24.0 Å². The van der Waals surface area contributed by atoms with Crippen molar-refractivity contribution in [3.63, 3.8) is 0 Å². The number of likely N-dealkylation sites (N-methyl/N-ethyl adjacent to an activating group) is 1. The van der Waals surface area contributed by atoms with Gasteiger partial charge in [-0.3, -0.25) is 15.5 Å². The number of halogens is 1. The van der Waals surface area contributed by atoms with Crippen molar-refractivity contribution in [2.45, 2.75) is 18.4 Å². The highest BCUT2D eigenvalue weighted by atomic mass is 19.1. The molecular weight excluding hydrogens is 437 g/mol. The lowest BCUT2D eigenvalue weighted by Crippen LogP contribution is -2.93. The fraction of sp³-hybridized carbons (Fsp3) is 0.133. The van der Waals surface area contributed by atoms with E-state index < -0.39 is 11.5 Å². The van der Waals surface area contributed by atoms with Gasteiger partial charge in [0.15, 0.2) is 0 Å². The van der Waals surface area contributed by atoms with E-state index in [1.165, 1.54) is 11.0 Å². The molecule has 0 spiro atoms. The van der Waals surface area contributed by atoms with Crippen LogP contribution in [0.2, 0.25) is 0 Å². The lowest BCUT2D eigenvalue weighted by atomic mass is 9.73. The molecule has 0 aromatic heterocycles. The quantitative estimate of drug-likeness (QED) is 0.479. The molecule has 0 fully saturated rings. The van der Waals surface area contributed by atoms with E-state index in [0.717, 1.165) is 27.8 Å². The van der Waals surface area contributed by atoms with Gasteiger partial charge in [-0.05, 0) is 46.9 Å². The Morgan fingerprint density at radius 3 is 2.17 bits per heavy atom. The van der Waals surface area contributed by atoms with E-state index in [1.54, 1.807) is 19.2 Å². The van der Waals surface area contributed by atoms with Gasteiger partial charge in [-0.15, -0.1) is 0 Å². The van der Waals surface area contributed by atoms with Crippen LogP contribution in [0.15, 0.2) is 103 Å². The average molecular weight is 465 g/mol. The van der Waals surface area contributed by atoms with Gasteiger partial charge in [-0.25, -0.2) is 9.29 Å². The second-order valence-electron chi connectivity index (χ2n) is 9.09. The molecule has 5 rings (SSSR count). The third-order valence-electron chi connectivity index (χ3n) is 6.90. The van der Waals surface area contributed by atoms with E-state index in [-0.39, 0.29) is 17.7 Å². The van der Waals surface area contributed by atoms with Crippen molar-refractivity contribution in [3.8, 4) is 22.3 Å². The highest BCUT2D eigenvalue weighted by Crippen LogP contribution is 2.38. The molecule has 3 N–H and O–H groups in total. The lowest BCUT2D eigenvalue weighted by Gasteiger charge is -2.38. The van der Waals surface area contributed by atoms with Crippen LogP contribution in [0.5, 0.6) is 0 Å². The van der Waals surface area contributed by atoms with E-state index >= 15 is 0 Å². The zero-order valence-electron chi connectivity index (χ0n) is 19.7. The van der Waals surface area contributed by atoms with Gasteiger partial charge >= 0.3 is 5.96 Å². The van der Waals surface area contributed by atoms with E-state index in [9.17, 15) is 9.18 Å². The van der Waals surface area contributed by atoms with Crippen molar-refractivity contribution in [1.29, 1.82) is 0 Å². The van der Waals surface area contributed by atoms with Crippen LogP contribution in [0, 0.1) is 5.82 Å². The van der Waals surface area contributed by atoms with Gasteiger partial charge < -0.3 is 0 Å². The Morgan fingerprint density at radius 1 is 0.829 bits per heavy atom. The summed E-state index contributed by atoms with van der Waals surface area (Å²) in [5.74, 6) is -0.653. The maximum absolute atomic E-state index is 14.5. The van der Waals surface area contributed by atoms with Crippen LogP contribution in [0.4, 0.5) is 4.39 Å². The molecule has 4 nitrogen and oxygen atoms in total. The van der Waals surface area contributed by atoms with Crippen LogP contribution >= 0.6 is 0 Å². The second-order valence-corrected chi connectivity index (χ2v) is 9.09. The maximum Gasteiger partial charge on any atom is 0.351 e. The standard InChI is InChI=1S/C30H26FN3O/c1-30(24-12-8-11-23(19-24)25-13-6-7-14-26(25)31)27(28(35)34(2)29(32)33-30)22-17-15-21(16-18-22)20-9-4-3-5-10-20/h3-19,27H,1-2H3,(H2,32,33)/p+1/t27-,30+/m0/s1. The summed E-state index contributed by atoms with van der Waals surface area (Å²) in [6.07, 6.45) is 0. The van der Waals surface area contributed by atoms with Gasteiger partial charge in [0.1, 0.15) is 17.3 Å². The minimum absolute atomic E-state index is 0.104. The van der Waals surface area contributed by atoms with Crippen LogP contribution in [-0.2, 0) is 10.3 Å². The summed E-state index contributed by atoms with van der Waals surface area (Å²) < 4.78 is 14.5. The molecule has 1 aliphatic heterocycles. The van der Waals surface area contributed by atoms with Crippen LogP contribution in [0.3, 0.4) is 0 Å². The summed E-state index contributed by atoms with van der Waals surface area (Å²) in [6.45, 7) is 1.97. The van der Waals surface area contributed by atoms with Crippen molar-refractivity contribution in [1.82, 2.24) is 4.90 Å². The van der Waals surface area contributed by atoms with E-state index in [4.69, 9.17) is 5.73 Å². The summed E-state index contributed by atoms with van der Waals surface area (Å²) in [7, 11) is 1.67. The van der Waals surface area contributed by atoms with Crippen LogP contribution < -0.4 is 10.7 Å². The number of hydrogen-bond donors (Lipinski definition) is 2. The Labute approximate surface area is 204 Å². The molecule has 4 aromatic carbocycles.